The van der Waals surface area contributed by atoms with E-state index in [1.807, 2.05) is 0 Å². The molecule has 78 valence electrons. The van der Waals surface area contributed by atoms with Gasteiger partial charge in [0.15, 0.2) is 5.78 Å². The molecule has 0 bridgehead atoms. The van der Waals surface area contributed by atoms with Crippen LogP contribution in [0.2, 0.25) is 0 Å². The van der Waals surface area contributed by atoms with Crippen LogP contribution < -0.4 is 0 Å². The fraction of sp³-hybridized carbons (Fsp3) is 0.857. The number of aliphatic hydroxyl groups excluding tert-OH is 5. The third kappa shape index (κ3) is 3.37. The molecule has 0 fully saturated rings. The lowest BCUT2D eigenvalue weighted by Crippen LogP contribution is -2.48. The van der Waals surface area contributed by atoms with Crippen LogP contribution in [0.1, 0.15) is 6.92 Å². The number of carbonyl (C=O) groups is 1. The van der Waals surface area contributed by atoms with Crippen molar-refractivity contribution in [2.75, 3.05) is 6.61 Å². The molecule has 0 radical (unpaired) electrons. The molecule has 0 heterocycles. The summed E-state index contributed by atoms with van der Waals surface area (Å²) in [6, 6.07) is 0. The number of rotatable bonds is 5. The van der Waals surface area contributed by atoms with E-state index in [-0.39, 0.29) is 0 Å². The lowest BCUT2D eigenvalue weighted by Gasteiger charge is -2.23. The highest BCUT2D eigenvalue weighted by atomic mass is 16.4. The first-order chi connectivity index (χ1) is 5.91. The van der Waals surface area contributed by atoms with Crippen LogP contribution in [-0.4, -0.2) is 62.3 Å². The standard InChI is InChI=1S/C7H14O6/c1-3(9)5(11)7(13)6(12)4(10)2-8/h4-8,10-13H,2H2,1H3/t4-,5-,6-,7?/m0/s1. The van der Waals surface area contributed by atoms with Crippen molar-refractivity contribution in [1.82, 2.24) is 0 Å². The molecule has 0 aliphatic heterocycles. The van der Waals surface area contributed by atoms with E-state index < -0.39 is 36.8 Å². The van der Waals surface area contributed by atoms with Gasteiger partial charge in [-0.15, -0.1) is 0 Å². The van der Waals surface area contributed by atoms with Gasteiger partial charge >= 0.3 is 0 Å². The Bertz CT molecular complexity index is 170. The van der Waals surface area contributed by atoms with E-state index in [9.17, 15) is 4.79 Å². The lowest BCUT2D eigenvalue weighted by atomic mass is 10.0. The molecule has 0 saturated carbocycles. The quantitative estimate of drug-likeness (QED) is 0.318. The third-order valence-electron chi connectivity index (χ3n) is 1.67. The van der Waals surface area contributed by atoms with Gasteiger partial charge in [0.25, 0.3) is 0 Å². The second kappa shape index (κ2) is 5.25. The van der Waals surface area contributed by atoms with Gasteiger partial charge in [0.05, 0.1) is 6.61 Å². The first-order valence-corrected chi connectivity index (χ1v) is 3.75. The molecule has 0 aromatic heterocycles. The van der Waals surface area contributed by atoms with Gasteiger partial charge in [-0.05, 0) is 6.92 Å². The fourth-order valence-corrected chi connectivity index (χ4v) is 0.763. The number of ketones is 1. The van der Waals surface area contributed by atoms with Gasteiger partial charge in [-0.25, -0.2) is 0 Å². The summed E-state index contributed by atoms with van der Waals surface area (Å²) in [5, 5.41) is 44.3. The van der Waals surface area contributed by atoms with Crippen LogP contribution in [0.15, 0.2) is 0 Å². The van der Waals surface area contributed by atoms with Gasteiger partial charge in [-0.2, -0.15) is 0 Å². The molecular weight excluding hydrogens is 180 g/mol. The van der Waals surface area contributed by atoms with Crippen LogP contribution in [0.5, 0.6) is 0 Å². The van der Waals surface area contributed by atoms with Crippen molar-refractivity contribution < 1.29 is 30.3 Å². The zero-order chi connectivity index (χ0) is 10.6. The van der Waals surface area contributed by atoms with Gasteiger partial charge in [-0.1, -0.05) is 0 Å². The third-order valence-corrected chi connectivity index (χ3v) is 1.67. The summed E-state index contributed by atoms with van der Waals surface area (Å²) in [6.45, 7) is 0.273. The lowest BCUT2D eigenvalue weighted by molar-refractivity contribution is -0.145. The van der Waals surface area contributed by atoms with Crippen LogP contribution in [0.3, 0.4) is 0 Å². The smallest absolute Gasteiger partial charge is 0.160 e. The minimum atomic E-state index is -1.79. The van der Waals surface area contributed by atoms with Gasteiger partial charge in [0, 0.05) is 0 Å². The molecule has 0 saturated heterocycles. The van der Waals surface area contributed by atoms with Crippen LogP contribution in [0, 0.1) is 0 Å². The van der Waals surface area contributed by atoms with Gasteiger partial charge in [0.2, 0.25) is 0 Å². The summed E-state index contributed by atoms with van der Waals surface area (Å²) in [5.74, 6) is -0.725. The summed E-state index contributed by atoms with van der Waals surface area (Å²) in [5.41, 5.74) is 0. The molecule has 1 unspecified atom stereocenters. The molecule has 5 N–H and O–H groups in total. The first-order valence-electron chi connectivity index (χ1n) is 3.75. The van der Waals surface area contributed by atoms with Gasteiger partial charge < -0.3 is 25.5 Å². The zero-order valence-corrected chi connectivity index (χ0v) is 7.16. The second-order valence-electron chi connectivity index (χ2n) is 2.79. The van der Waals surface area contributed by atoms with Gasteiger partial charge in [0.1, 0.15) is 24.4 Å². The first kappa shape index (κ1) is 12.5. The molecule has 0 aromatic carbocycles. The molecule has 0 aromatic rings. The highest BCUT2D eigenvalue weighted by molar-refractivity contribution is 5.80. The average molecular weight is 194 g/mol. The zero-order valence-electron chi connectivity index (χ0n) is 7.16. The van der Waals surface area contributed by atoms with Crippen LogP contribution >= 0.6 is 0 Å². The predicted octanol–water partition coefficient (Wildman–Crippen LogP) is -2.99. The SMILES string of the molecule is CC(=O)[C@H](O)C(O)[C@@H](O)[C@@H](O)CO. The Labute approximate surface area is 75.1 Å². The van der Waals surface area contributed by atoms with Crippen molar-refractivity contribution in [3.63, 3.8) is 0 Å². The van der Waals surface area contributed by atoms with E-state index in [0.29, 0.717) is 0 Å². The Morgan fingerprint density at radius 2 is 1.62 bits per heavy atom. The van der Waals surface area contributed by atoms with E-state index in [0.717, 1.165) is 6.92 Å². The maximum Gasteiger partial charge on any atom is 0.160 e. The highest BCUT2D eigenvalue weighted by Gasteiger charge is 2.32. The molecular formula is C7H14O6. The van der Waals surface area contributed by atoms with Crippen molar-refractivity contribution >= 4 is 5.78 Å². The topological polar surface area (TPSA) is 118 Å². The van der Waals surface area contributed by atoms with E-state index in [1.165, 1.54) is 0 Å². The predicted molar refractivity (Wildman–Crippen MR) is 41.8 cm³/mol. The maximum atomic E-state index is 10.5. The summed E-state index contributed by atoms with van der Waals surface area (Å²) in [6.07, 6.45) is -6.87. The monoisotopic (exact) mass is 194 g/mol. The highest BCUT2D eigenvalue weighted by Crippen LogP contribution is 2.05. The number of aliphatic hydroxyl groups is 5. The van der Waals surface area contributed by atoms with E-state index in [2.05, 4.69) is 0 Å². The largest absolute Gasteiger partial charge is 0.394 e. The normalized spacial score (nSPS) is 20.5. The van der Waals surface area contributed by atoms with Crippen LogP contribution in [-0.2, 0) is 4.79 Å². The Hall–Kier alpha value is -0.530. The Balaban J connectivity index is 4.24. The summed E-state index contributed by atoms with van der Waals surface area (Å²) < 4.78 is 0. The van der Waals surface area contributed by atoms with E-state index in [4.69, 9.17) is 25.5 Å². The summed E-state index contributed by atoms with van der Waals surface area (Å²) in [7, 11) is 0. The van der Waals surface area contributed by atoms with E-state index >= 15 is 0 Å². The molecule has 13 heavy (non-hydrogen) atoms. The molecule has 0 spiro atoms. The number of hydrogen-bond acceptors (Lipinski definition) is 6. The second-order valence-corrected chi connectivity index (χ2v) is 2.79. The minimum absolute atomic E-state index is 0.725. The summed E-state index contributed by atoms with van der Waals surface area (Å²) in [4.78, 5) is 10.5. The van der Waals surface area contributed by atoms with Crippen molar-refractivity contribution in [2.45, 2.75) is 31.3 Å². The molecule has 6 heteroatoms. The molecule has 6 nitrogen and oxygen atoms in total. The molecule has 0 aliphatic carbocycles. The number of carbonyl (C=O) groups excluding carboxylic acids is 1. The minimum Gasteiger partial charge on any atom is -0.394 e. The summed E-state index contributed by atoms with van der Waals surface area (Å²) >= 11 is 0. The molecule has 0 amide bonds. The van der Waals surface area contributed by atoms with Crippen molar-refractivity contribution in [1.29, 1.82) is 0 Å². The van der Waals surface area contributed by atoms with Gasteiger partial charge in [-0.3, -0.25) is 4.79 Å². The van der Waals surface area contributed by atoms with Crippen molar-refractivity contribution in [2.24, 2.45) is 0 Å². The van der Waals surface area contributed by atoms with Crippen LogP contribution in [0.25, 0.3) is 0 Å². The Morgan fingerprint density at radius 3 is 1.92 bits per heavy atom. The number of Topliss-reactive ketones (excluding diaryl/α,β-unsaturated/α-hetero) is 1. The molecule has 4 atom stereocenters. The van der Waals surface area contributed by atoms with Crippen molar-refractivity contribution in [3.8, 4) is 0 Å². The maximum absolute atomic E-state index is 10.5. The molecule has 0 rings (SSSR count). The Morgan fingerprint density at radius 1 is 1.15 bits per heavy atom. The number of hydrogen-bond donors (Lipinski definition) is 5. The van der Waals surface area contributed by atoms with Crippen LogP contribution in [0.4, 0.5) is 0 Å². The Kier molecular flexibility index (Phi) is 5.04. The molecule has 0 aliphatic rings. The van der Waals surface area contributed by atoms with E-state index in [1.54, 1.807) is 0 Å². The van der Waals surface area contributed by atoms with Crippen molar-refractivity contribution in [3.05, 3.63) is 0 Å². The average Bonchev–Trinajstić information content (AvgIpc) is 2.12. The fourth-order valence-electron chi connectivity index (χ4n) is 0.763.